The van der Waals surface area contributed by atoms with Gasteiger partial charge in [-0.3, -0.25) is 4.55 Å². The third-order valence-electron chi connectivity index (χ3n) is 5.40. The quantitative estimate of drug-likeness (QED) is 0.144. The van der Waals surface area contributed by atoms with Crippen LogP contribution in [-0.4, -0.2) is 141 Å². The van der Waals surface area contributed by atoms with Crippen LogP contribution in [0, 0.1) is 0 Å². The van der Waals surface area contributed by atoms with Crippen molar-refractivity contribution in [1.82, 2.24) is 0 Å². The summed E-state index contributed by atoms with van der Waals surface area (Å²) in [4.78, 5) is 0. The van der Waals surface area contributed by atoms with Crippen LogP contribution in [0.1, 0.15) is 34.1 Å². The smallest absolute Gasteiger partial charge is 0.522 e. The number of methoxy groups -OCH3 is 1. The standard InChI is InChI=1S/C8H20NO.C7H18N.C2F6NO4S2.2CHF3O3S/c1-5-9(3,6-2)7-8-10-4;1-5-7-8(3,4)6-2;3-1(4,5)14(10,11)9-15(12,13)2(6,7)8;2*2-1(3,4)8(5,6)7/h5-8H2,1-4H3;5-7H2,1-4H3;;2*(H,5,6,7)/q2*+1;-1;;/p-1. The van der Waals surface area contributed by atoms with Gasteiger partial charge in [0.05, 0.1) is 53.9 Å². The number of hydrogen-bond donors (Lipinski definition) is 1. The van der Waals surface area contributed by atoms with Gasteiger partial charge in [-0.05, 0) is 27.2 Å². The molecule has 49 heavy (non-hydrogen) atoms. The van der Waals surface area contributed by atoms with E-state index in [1.807, 2.05) is 0 Å². The molecule has 1 N–H and O–H groups in total. The predicted octanol–water partition coefficient (Wildman–Crippen LogP) is 4.12. The van der Waals surface area contributed by atoms with Crippen LogP contribution in [0.3, 0.4) is 0 Å². The van der Waals surface area contributed by atoms with Crippen molar-refractivity contribution >= 4 is 40.3 Å². The Hall–Kier alpha value is -1.28. The Morgan fingerprint density at radius 2 is 0.898 bits per heavy atom. The minimum Gasteiger partial charge on any atom is -0.741 e. The molecule has 0 aliphatic heterocycles. The third-order valence-corrected chi connectivity index (χ3v) is 9.30. The second-order valence-electron chi connectivity index (χ2n) is 9.68. The van der Waals surface area contributed by atoms with Crippen LogP contribution in [0.4, 0.5) is 52.7 Å². The number of ether oxygens (including phenoxy) is 1. The highest BCUT2D eigenvalue weighted by molar-refractivity contribution is 8.13. The highest BCUT2D eigenvalue weighted by atomic mass is 32.3. The minimum absolute atomic E-state index is 0.778. The maximum absolute atomic E-state index is 11.4. The molecule has 0 aromatic heterocycles. The summed E-state index contributed by atoms with van der Waals surface area (Å²) in [5.74, 6) is 0. The number of nitrogens with zero attached hydrogens (tertiary/aromatic N) is 3. The lowest BCUT2D eigenvalue weighted by Gasteiger charge is -2.31. The molecule has 0 fully saturated rings. The minimum atomic E-state index is -6.72. The number of alkyl halides is 12. The van der Waals surface area contributed by atoms with Crippen LogP contribution >= 0.6 is 0 Å². The Labute approximate surface area is 277 Å². The molecule has 0 rings (SSSR count). The third kappa shape index (κ3) is 27.1. The lowest BCUT2D eigenvalue weighted by molar-refractivity contribution is -0.906. The molecule has 14 nitrogen and oxygen atoms in total. The molecule has 0 aliphatic rings. The second kappa shape index (κ2) is 21.3. The fourth-order valence-corrected chi connectivity index (χ4v) is 3.54. The second-order valence-corrected chi connectivity index (χ2v) is 15.9. The van der Waals surface area contributed by atoms with Crippen molar-refractivity contribution < 1.29 is 109 Å². The molecule has 0 spiro atoms. The zero-order valence-corrected chi connectivity index (χ0v) is 30.3. The molecule has 0 heterocycles. The van der Waals surface area contributed by atoms with Crippen LogP contribution in [0.25, 0.3) is 4.13 Å². The molecule has 30 heteroatoms. The van der Waals surface area contributed by atoms with E-state index in [0.29, 0.717) is 0 Å². The van der Waals surface area contributed by atoms with Crippen molar-refractivity contribution in [3.05, 3.63) is 4.13 Å². The van der Waals surface area contributed by atoms with Crippen molar-refractivity contribution in [1.29, 1.82) is 0 Å². The molecular formula is C19H39F12N3O11S4. The summed E-state index contributed by atoms with van der Waals surface area (Å²) in [6, 6.07) is 0. The highest BCUT2D eigenvalue weighted by Crippen LogP contribution is 2.36. The van der Waals surface area contributed by atoms with Gasteiger partial charge in [-0.2, -0.15) is 61.1 Å². The Balaban J connectivity index is -0.000000169. The highest BCUT2D eigenvalue weighted by Gasteiger charge is 2.47. The molecule has 0 radical (unpaired) electrons. The van der Waals surface area contributed by atoms with Gasteiger partial charge in [-0.1, -0.05) is 6.92 Å². The van der Waals surface area contributed by atoms with Crippen molar-refractivity contribution in [2.45, 2.75) is 56.1 Å². The van der Waals surface area contributed by atoms with Crippen LogP contribution in [-0.2, 0) is 45.0 Å². The van der Waals surface area contributed by atoms with Gasteiger partial charge in [0.25, 0.3) is 0 Å². The first kappa shape index (κ1) is 57.1. The maximum atomic E-state index is 11.4. The van der Waals surface area contributed by atoms with Crippen LogP contribution in [0.2, 0.25) is 0 Å². The Kier molecular flexibility index (Phi) is 24.8. The Bertz CT molecular complexity index is 1270. The number of sulfonamides is 2. The molecule has 0 aromatic carbocycles. The molecule has 0 bridgehead atoms. The van der Waals surface area contributed by atoms with Gasteiger partial charge in [0.1, 0.15) is 6.54 Å². The topological polar surface area (TPSA) is 203 Å². The molecular weight excluding hydrogens is 802 g/mol. The Morgan fingerprint density at radius 3 is 1.02 bits per heavy atom. The van der Waals surface area contributed by atoms with Crippen LogP contribution in [0.15, 0.2) is 0 Å². The first-order valence-electron chi connectivity index (χ1n) is 12.6. The summed E-state index contributed by atoms with van der Waals surface area (Å²) in [5, 5.41) is 0. The summed E-state index contributed by atoms with van der Waals surface area (Å²) >= 11 is 0. The lowest BCUT2D eigenvalue weighted by Crippen LogP contribution is -2.45. The first-order chi connectivity index (χ1) is 21.0. The van der Waals surface area contributed by atoms with E-state index in [9.17, 15) is 69.5 Å². The zero-order chi connectivity index (χ0) is 41.4. The van der Waals surface area contributed by atoms with E-state index in [1.54, 1.807) is 7.11 Å². The summed E-state index contributed by atoms with van der Waals surface area (Å²) in [6.45, 7) is 15.8. The molecule has 0 atom stereocenters. The molecule has 0 aliphatic carbocycles. The average molecular weight is 842 g/mol. The van der Waals surface area contributed by atoms with Crippen LogP contribution in [0.5, 0.6) is 0 Å². The fourth-order valence-electron chi connectivity index (χ4n) is 1.83. The summed E-state index contributed by atoms with van der Waals surface area (Å²) in [5.41, 5.74) is -23.6. The van der Waals surface area contributed by atoms with Gasteiger partial charge in [-0.15, -0.1) is 0 Å². The summed E-state index contributed by atoms with van der Waals surface area (Å²) < 4.78 is 233. The normalized spacial score (nSPS) is 13.7. The van der Waals surface area contributed by atoms with E-state index in [2.05, 4.69) is 48.8 Å². The first-order valence-corrected chi connectivity index (χ1v) is 18.3. The van der Waals surface area contributed by atoms with Crippen molar-refractivity contribution in [3.8, 4) is 0 Å². The average Bonchev–Trinajstić information content (AvgIpc) is 2.84. The van der Waals surface area contributed by atoms with Gasteiger partial charge in [-0.25, -0.2) is 25.3 Å². The van der Waals surface area contributed by atoms with Crippen molar-refractivity contribution in [2.24, 2.45) is 0 Å². The lowest BCUT2D eigenvalue weighted by atomic mass is 10.4. The number of likely N-dealkylation sites (N-methyl/N-ethyl adjacent to an activating group) is 1. The van der Waals surface area contributed by atoms with Gasteiger partial charge in [0.2, 0.25) is 0 Å². The van der Waals surface area contributed by atoms with Crippen LogP contribution < -0.4 is 0 Å². The monoisotopic (exact) mass is 841 g/mol. The van der Waals surface area contributed by atoms with E-state index in [1.165, 1.54) is 32.6 Å². The molecule has 0 saturated carbocycles. The summed E-state index contributed by atoms with van der Waals surface area (Å²) in [7, 11) is -16.8. The number of quaternary nitrogens is 2. The molecule has 0 aromatic rings. The van der Waals surface area contributed by atoms with E-state index in [4.69, 9.17) is 30.7 Å². The predicted molar refractivity (Wildman–Crippen MR) is 148 cm³/mol. The van der Waals surface area contributed by atoms with E-state index >= 15 is 0 Å². The van der Waals surface area contributed by atoms with Crippen molar-refractivity contribution in [2.75, 3.05) is 67.6 Å². The van der Waals surface area contributed by atoms with Gasteiger partial charge < -0.3 is 22.4 Å². The van der Waals surface area contributed by atoms with E-state index in [-0.39, 0.29) is 0 Å². The molecule has 304 valence electrons. The SMILES string of the molecule is CCC[N+](C)(C)CC.CC[N+](C)(CC)CCOC.O=S(=O)(O)C(F)(F)F.O=S(=O)([N-]S(=O)(=O)C(F)(F)F)C(F)(F)F.O=S(=O)([O-])C(F)(F)F. The Morgan fingerprint density at radius 1 is 0.612 bits per heavy atom. The number of halogens is 12. The molecule has 0 saturated heterocycles. The molecule has 0 amide bonds. The largest absolute Gasteiger partial charge is 0.741 e. The zero-order valence-electron chi connectivity index (χ0n) is 27.0. The van der Waals surface area contributed by atoms with E-state index < -0.39 is 62.3 Å². The van der Waals surface area contributed by atoms with Gasteiger partial charge >= 0.3 is 32.2 Å². The maximum Gasteiger partial charge on any atom is 0.522 e. The van der Waals surface area contributed by atoms with Gasteiger partial charge in [0, 0.05) is 7.11 Å². The van der Waals surface area contributed by atoms with Gasteiger partial charge in [0.15, 0.2) is 30.2 Å². The van der Waals surface area contributed by atoms with Crippen molar-refractivity contribution in [3.63, 3.8) is 0 Å². The van der Waals surface area contributed by atoms with E-state index in [0.717, 1.165) is 26.2 Å². The molecule has 0 unspecified atom stereocenters. The fraction of sp³-hybridized carbons (Fsp3) is 1.00. The summed E-state index contributed by atoms with van der Waals surface area (Å²) in [6.07, 6.45) is 1.29. The number of rotatable bonds is 10. The number of hydrogen-bond acceptors (Lipinski definition) is 10.